The van der Waals surface area contributed by atoms with E-state index in [1.807, 2.05) is 19.2 Å². The fraction of sp³-hybridized carbons (Fsp3) is 0.286. The molecule has 0 amide bonds. The molecule has 0 aliphatic carbocycles. The van der Waals surface area contributed by atoms with Crippen molar-refractivity contribution in [1.82, 2.24) is 5.32 Å². The van der Waals surface area contributed by atoms with Gasteiger partial charge in [-0.05, 0) is 43.8 Å². The van der Waals surface area contributed by atoms with Gasteiger partial charge in [0.05, 0.1) is 0 Å². The van der Waals surface area contributed by atoms with Gasteiger partial charge in [-0.25, -0.2) is 4.39 Å². The Kier molecular flexibility index (Phi) is 4.38. The summed E-state index contributed by atoms with van der Waals surface area (Å²) in [5.74, 6) is -0.231. The lowest BCUT2D eigenvalue weighted by atomic mass is 10.1. The van der Waals surface area contributed by atoms with Crippen molar-refractivity contribution < 1.29 is 4.39 Å². The van der Waals surface area contributed by atoms with Crippen molar-refractivity contribution >= 4 is 22.9 Å². The number of hydrogen-bond donors (Lipinski definition) is 1. The van der Waals surface area contributed by atoms with Gasteiger partial charge < -0.3 is 5.32 Å². The molecule has 4 heteroatoms. The Bertz CT molecular complexity index is 534. The highest BCUT2D eigenvalue weighted by Crippen LogP contribution is 2.34. The van der Waals surface area contributed by atoms with E-state index in [1.165, 1.54) is 10.9 Å². The molecule has 1 heterocycles. The summed E-state index contributed by atoms with van der Waals surface area (Å²) in [6, 6.07) is 8.97. The van der Waals surface area contributed by atoms with E-state index in [0.717, 1.165) is 11.3 Å². The number of nitrogens with one attached hydrogen (secondary N) is 1. The van der Waals surface area contributed by atoms with Crippen molar-refractivity contribution in [3.63, 3.8) is 0 Å². The van der Waals surface area contributed by atoms with E-state index in [4.69, 9.17) is 11.6 Å². The molecule has 0 spiro atoms. The van der Waals surface area contributed by atoms with Crippen molar-refractivity contribution in [3.05, 3.63) is 46.0 Å². The lowest BCUT2D eigenvalue weighted by Gasteiger charge is -2.10. The fourth-order valence-electron chi connectivity index (χ4n) is 1.92. The van der Waals surface area contributed by atoms with E-state index >= 15 is 0 Å². The first kappa shape index (κ1) is 13.5. The molecule has 18 heavy (non-hydrogen) atoms. The summed E-state index contributed by atoms with van der Waals surface area (Å²) in [5.41, 5.74) is 0.574. The Morgan fingerprint density at radius 3 is 2.78 bits per heavy atom. The van der Waals surface area contributed by atoms with E-state index in [0.29, 0.717) is 16.6 Å². The molecule has 1 N–H and O–H groups in total. The van der Waals surface area contributed by atoms with Crippen LogP contribution in [0.25, 0.3) is 10.4 Å². The molecule has 0 bridgehead atoms. The molecular formula is C14H15ClFNS. The van der Waals surface area contributed by atoms with E-state index in [-0.39, 0.29) is 5.82 Å². The van der Waals surface area contributed by atoms with Crippen molar-refractivity contribution in [3.8, 4) is 10.4 Å². The maximum Gasteiger partial charge on any atom is 0.131 e. The summed E-state index contributed by atoms with van der Waals surface area (Å²) in [6.07, 6.45) is 1.01. The summed E-state index contributed by atoms with van der Waals surface area (Å²) < 4.78 is 13.8. The molecule has 1 unspecified atom stereocenters. The third kappa shape index (κ3) is 2.74. The van der Waals surface area contributed by atoms with Crippen LogP contribution in [0.4, 0.5) is 4.39 Å². The van der Waals surface area contributed by atoms with Gasteiger partial charge in [0.1, 0.15) is 5.82 Å². The van der Waals surface area contributed by atoms with Gasteiger partial charge in [0.25, 0.3) is 0 Å². The minimum atomic E-state index is -0.231. The summed E-state index contributed by atoms with van der Waals surface area (Å²) >= 11 is 7.52. The number of thiophene rings is 1. The van der Waals surface area contributed by atoms with Gasteiger partial charge in [0, 0.05) is 26.4 Å². The molecule has 1 aromatic heterocycles. The summed E-state index contributed by atoms with van der Waals surface area (Å²) in [4.78, 5) is 2.13. The Balaban J connectivity index is 2.37. The van der Waals surface area contributed by atoms with Crippen molar-refractivity contribution in [1.29, 1.82) is 0 Å². The number of benzene rings is 1. The van der Waals surface area contributed by atoms with Crippen LogP contribution in [0.15, 0.2) is 30.3 Å². The van der Waals surface area contributed by atoms with Crippen LogP contribution in [-0.4, -0.2) is 7.05 Å². The fourth-order valence-corrected chi connectivity index (χ4v) is 3.31. The van der Waals surface area contributed by atoms with Crippen LogP contribution in [0.3, 0.4) is 0 Å². The molecule has 1 nitrogen and oxygen atoms in total. The monoisotopic (exact) mass is 283 g/mol. The zero-order valence-electron chi connectivity index (χ0n) is 10.3. The van der Waals surface area contributed by atoms with Crippen LogP contribution in [0, 0.1) is 5.82 Å². The summed E-state index contributed by atoms with van der Waals surface area (Å²) in [6.45, 7) is 2.13. The Labute approximate surface area is 116 Å². The second-order valence-electron chi connectivity index (χ2n) is 4.08. The largest absolute Gasteiger partial charge is 0.312 e. The van der Waals surface area contributed by atoms with Crippen LogP contribution < -0.4 is 5.32 Å². The van der Waals surface area contributed by atoms with Crippen molar-refractivity contribution in [2.45, 2.75) is 19.4 Å². The average molecular weight is 284 g/mol. The average Bonchev–Trinajstić information content (AvgIpc) is 2.83. The molecule has 1 atom stereocenters. The topological polar surface area (TPSA) is 12.0 Å². The highest BCUT2D eigenvalue weighted by atomic mass is 35.5. The second kappa shape index (κ2) is 5.83. The molecule has 1 aromatic carbocycles. The third-order valence-corrected chi connectivity index (χ3v) is 4.39. The summed E-state index contributed by atoms with van der Waals surface area (Å²) in [7, 11) is 1.94. The van der Waals surface area contributed by atoms with Gasteiger partial charge in [-0.15, -0.1) is 11.3 Å². The molecule has 96 valence electrons. The van der Waals surface area contributed by atoms with E-state index in [1.54, 1.807) is 23.5 Å². The minimum absolute atomic E-state index is 0.231. The predicted molar refractivity (Wildman–Crippen MR) is 76.8 cm³/mol. The predicted octanol–water partition coefficient (Wildman–Crippen LogP) is 4.88. The highest BCUT2D eigenvalue weighted by Gasteiger charge is 2.13. The molecule has 0 saturated carbocycles. The number of rotatable bonds is 4. The molecule has 0 aliphatic heterocycles. The third-order valence-electron chi connectivity index (χ3n) is 2.92. The van der Waals surface area contributed by atoms with Gasteiger partial charge in [-0.2, -0.15) is 0 Å². The molecule has 0 aliphatic rings. The maximum absolute atomic E-state index is 13.8. The Morgan fingerprint density at radius 1 is 1.33 bits per heavy atom. The summed E-state index contributed by atoms with van der Waals surface area (Å²) in [5, 5.41) is 3.81. The molecule has 2 rings (SSSR count). The normalized spacial score (nSPS) is 12.7. The lowest BCUT2D eigenvalue weighted by molar-refractivity contribution is 0.586. The van der Waals surface area contributed by atoms with Gasteiger partial charge in [-0.3, -0.25) is 0 Å². The first-order chi connectivity index (χ1) is 8.65. The van der Waals surface area contributed by atoms with E-state index in [9.17, 15) is 4.39 Å². The number of halogens is 2. The van der Waals surface area contributed by atoms with E-state index in [2.05, 4.69) is 12.2 Å². The van der Waals surface area contributed by atoms with Crippen LogP contribution in [0.2, 0.25) is 5.02 Å². The molecule has 0 fully saturated rings. The van der Waals surface area contributed by atoms with Gasteiger partial charge in [0.15, 0.2) is 0 Å². The van der Waals surface area contributed by atoms with Gasteiger partial charge in [0.2, 0.25) is 0 Å². The number of hydrogen-bond acceptors (Lipinski definition) is 2. The van der Waals surface area contributed by atoms with Crippen LogP contribution in [0.1, 0.15) is 24.3 Å². The highest BCUT2D eigenvalue weighted by molar-refractivity contribution is 7.15. The second-order valence-corrected chi connectivity index (χ2v) is 5.63. The van der Waals surface area contributed by atoms with Crippen LogP contribution >= 0.6 is 22.9 Å². The Morgan fingerprint density at radius 2 is 2.11 bits per heavy atom. The minimum Gasteiger partial charge on any atom is -0.312 e. The quantitative estimate of drug-likeness (QED) is 0.843. The molecule has 0 radical (unpaired) electrons. The van der Waals surface area contributed by atoms with Crippen LogP contribution in [0.5, 0.6) is 0 Å². The first-order valence-electron chi connectivity index (χ1n) is 5.88. The van der Waals surface area contributed by atoms with Gasteiger partial charge >= 0.3 is 0 Å². The van der Waals surface area contributed by atoms with Crippen molar-refractivity contribution in [2.75, 3.05) is 7.05 Å². The molecule has 0 saturated heterocycles. The smallest absolute Gasteiger partial charge is 0.131 e. The van der Waals surface area contributed by atoms with Gasteiger partial charge in [-0.1, -0.05) is 18.5 Å². The maximum atomic E-state index is 13.8. The zero-order valence-corrected chi connectivity index (χ0v) is 11.9. The standard InChI is InChI=1S/C14H15ClFNS/c1-3-12(17-2)14-7-6-13(18-14)10-8-9(15)4-5-11(10)16/h4-8,12,17H,3H2,1-2H3. The Hall–Kier alpha value is -0.900. The van der Waals surface area contributed by atoms with Crippen molar-refractivity contribution in [2.24, 2.45) is 0 Å². The van der Waals surface area contributed by atoms with E-state index < -0.39 is 0 Å². The molecular weight excluding hydrogens is 269 g/mol. The SMILES string of the molecule is CCC(NC)c1ccc(-c2cc(Cl)ccc2F)s1. The first-order valence-corrected chi connectivity index (χ1v) is 7.07. The zero-order chi connectivity index (χ0) is 13.1. The molecule has 2 aromatic rings. The lowest BCUT2D eigenvalue weighted by Crippen LogP contribution is -2.13. The van der Waals surface area contributed by atoms with Crippen LogP contribution in [-0.2, 0) is 0 Å².